The molecule has 4 N–H and O–H groups in total. The van der Waals surface area contributed by atoms with Crippen LogP contribution in [0.4, 0.5) is 0 Å². The number of hydrogen-bond acceptors (Lipinski definition) is 8. The molecule has 0 bridgehead atoms. The van der Waals surface area contributed by atoms with Crippen molar-refractivity contribution < 1.29 is 39.4 Å². The van der Waals surface area contributed by atoms with Crippen LogP contribution in [0.1, 0.15) is 16.7 Å². The fraction of sp³-hybridized carbons (Fsp3) is 0.455. The number of aliphatic hydroxyl groups excluding tert-OH is 4. The Kier molecular flexibility index (Phi) is 6.55. The van der Waals surface area contributed by atoms with Crippen LogP contribution in [0, 0.1) is 0 Å². The Bertz CT molecular complexity index is 936. The average molecular weight is 497 g/mol. The van der Waals surface area contributed by atoms with Crippen molar-refractivity contribution in [3.63, 3.8) is 0 Å². The van der Waals surface area contributed by atoms with Crippen molar-refractivity contribution in [2.45, 2.75) is 36.6 Å². The second-order valence-corrected chi connectivity index (χ2v) is 8.45. The van der Waals surface area contributed by atoms with Crippen LogP contribution in [-0.4, -0.2) is 71.8 Å². The Morgan fingerprint density at radius 1 is 1.03 bits per heavy atom. The molecule has 0 spiro atoms. The maximum Gasteiger partial charge on any atom is 0.224 e. The van der Waals surface area contributed by atoms with E-state index in [1.54, 1.807) is 18.2 Å². The first-order chi connectivity index (χ1) is 14.9. The van der Waals surface area contributed by atoms with Gasteiger partial charge in [0, 0.05) is 17.1 Å². The standard InChI is InChI=1S/C22H25BrO8/c1-28-22(21(27)20(26)19(25)18(11-24)31-22)14-3-4-15(23)13(10-14)8-12-2-5-16-17(9-12)30-7-6-29-16/h2-5,9-10,18-21,24-27H,6-8,11H2,1H3/t18-,19-,20+,21-,22+/m1/s1. The minimum absolute atomic E-state index is 0.447. The molecule has 0 unspecified atom stereocenters. The fourth-order valence-electron chi connectivity index (χ4n) is 4.01. The summed E-state index contributed by atoms with van der Waals surface area (Å²) < 4.78 is 23.4. The van der Waals surface area contributed by atoms with Crippen LogP contribution in [0.2, 0.25) is 0 Å². The lowest BCUT2D eigenvalue weighted by atomic mass is 9.87. The largest absolute Gasteiger partial charge is 0.486 e. The number of ether oxygens (including phenoxy) is 4. The van der Waals surface area contributed by atoms with Gasteiger partial charge in [-0.05, 0) is 41.8 Å². The van der Waals surface area contributed by atoms with Crippen molar-refractivity contribution in [3.8, 4) is 11.5 Å². The monoisotopic (exact) mass is 496 g/mol. The maximum absolute atomic E-state index is 10.7. The maximum atomic E-state index is 10.7. The van der Waals surface area contributed by atoms with Gasteiger partial charge in [-0.15, -0.1) is 0 Å². The summed E-state index contributed by atoms with van der Waals surface area (Å²) >= 11 is 3.56. The van der Waals surface area contributed by atoms with Crippen molar-refractivity contribution in [1.29, 1.82) is 0 Å². The van der Waals surface area contributed by atoms with E-state index in [0.717, 1.165) is 15.6 Å². The third-order valence-electron chi connectivity index (χ3n) is 5.70. The van der Waals surface area contributed by atoms with Gasteiger partial charge in [0.05, 0.1) is 6.61 Å². The topological polar surface area (TPSA) is 118 Å². The van der Waals surface area contributed by atoms with Gasteiger partial charge >= 0.3 is 0 Å². The van der Waals surface area contributed by atoms with E-state index in [-0.39, 0.29) is 0 Å². The molecule has 8 nitrogen and oxygen atoms in total. The normalized spacial score (nSPS) is 30.3. The highest BCUT2D eigenvalue weighted by Gasteiger charge is 2.55. The fourth-order valence-corrected chi connectivity index (χ4v) is 4.40. The quantitative estimate of drug-likeness (QED) is 0.485. The van der Waals surface area contributed by atoms with Crippen LogP contribution in [-0.2, 0) is 21.7 Å². The molecule has 2 aromatic carbocycles. The van der Waals surface area contributed by atoms with E-state index in [2.05, 4.69) is 15.9 Å². The minimum atomic E-state index is -1.76. The second kappa shape index (κ2) is 9.03. The summed E-state index contributed by atoms with van der Waals surface area (Å²) in [6.45, 7) is 0.481. The van der Waals surface area contributed by atoms with E-state index >= 15 is 0 Å². The smallest absolute Gasteiger partial charge is 0.224 e. The van der Waals surface area contributed by atoms with Crippen molar-refractivity contribution in [1.82, 2.24) is 0 Å². The molecule has 2 heterocycles. The summed E-state index contributed by atoms with van der Waals surface area (Å²) in [5.41, 5.74) is 2.31. The number of methoxy groups -OCH3 is 1. The number of fused-ring (bicyclic) bond motifs is 1. The summed E-state index contributed by atoms with van der Waals surface area (Å²) in [5.74, 6) is -0.352. The first-order valence-electron chi connectivity index (χ1n) is 9.95. The Morgan fingerprint density at radius 2 is 1.77 bits per heavy atom. The number of hydrogen-bond donors (Lipinski definition) is 4. The molecule has 9 heteroatoms. The van der Waals surface area contributed by atoms with E-state index in [9.17, 15) is 20.4 Å². The molecular weight excluding hydrogens is 472 g/mol. The van der Waals surface area contributed by atoms with Crippen LogP contribution in [0.25, 0.3) is 0 Å². The lowest BCUT2D eigenvalue weighted by Gasteiger charge is -2.47. The van der Waals surface area contributed by atoms with Gasteiger partial charge in [-0.25, -0.2) is 0 Å². The van der Waals surface area contributed by atoms with Gasteiger partial charge in [-0.3, -0.25) is 0 Å². The van der Waals surface area contributed by atoms with Gasteiger partial charge in [0.15, 0.2) is 11.5 Å². The predicted octanol–water partition coefficient (Wildman–Crippen LogP) is 1.08. The van der Waals surface area contributed by atoms with Gasteiger partial charge in [-0.1, -0.05) is 28.1 Å². The Labute approximate surface area is 188 Å². The molecule has 2 aromatic rings. The highest BCUT2D eigenvalue weighted by atomic mass is 79.9. The van der Waals surface area contributed by atoms with Gasteiger partial charge in [0.2, 0.25) is 5.79 Å². The highest BCUT2D eigenvalue weighted by molar-refractivity contribution is 9.10. The number of halogens is 1. The van der Waals surface area contributed by atoms with Gasteiger partial charge in [-0.2, -0.15) is 0 Å². The van der Waals surface area contributed by atoms with Crippen molar-refractivity contribution in [2.75, 3.05) is 26.9 Å². The third-order valence-corrected chi connectivity index (χ3v) is 6.48. The first kappa shape index (κ1) is 22.5. The van der Waals surface area contributed by atoms with E-state index in [1.807, 2.05) is 18.2 Å². The number of aliphatic hydroxyl groups is 4. The molecule has 5 atom stereocenters. The van der Waals surface area contributed by atoms with E-state index in [1.165, 1.54) is 7.11 Å². The molecule has 1 saturated heterocycles. The van der Waals surface area contributed by atoms with Crippen LogP contribution in [0.5, 0.6) is 11.5 Å². The third kappa shape index (κ3) is 4.07. The molecule has 31 heavy (non-hydrogen) atoms. The Hall–Kier alpha value is -1.72. The lowest BCUT2D eigenvalue weighted by Crippen LogP contribution is -2.64. The highest BCUT2D eigenvalue weighted by Crippen LogP contribution is 2.41. The van der Waals surface area contributed by atoms with Gasteiger partial charge in [0.25, 0.3) is 0 Å². The molecule has 2 aliphatic heterocycles. The molecule has 168 valence electrons. The number of rotatable bonds is 5. The van der Waals surface area contributed by atoms with Crippen molar-refractivity contribution in [3.05, 3.63) is 57.6 Å². The Balaban J connectivity index is 1.68. The average Bonchev–Trinajstić information content (AvgIpc) is 2.79. The van der Waals surface area contributed by atoms with E-state index < -0.39 is 36.8 Å². The molecule has 0 radical (unpaired) electrons. The van der Waals surface area contributed by atoms with Crippen LogP contribution in [0.3, 0.4) is 0 Å². The van der Waals surface area contributed by atoms with Crippen LogP contribution in [0.15, 0.2) is 40.9 Å². The van der Waals surface area contributed by atoms with Crippen molar-refractivity contribution in [2.24, 2.45) is 0 Å². The SMILES string of the molecule is CO[C@@]1(c2ccc(Br)c(Cc3ccc4c(c3)OCCO4)c2)O[C@H](CO)[C@@H](O)[C@H](O)[C@H]1O. The molecular formula is C22H25BrO8. The first-order valence-corrected chi connectivity index (χ1v) is 10.7. The molecule has 0 aliphatic carbocycles. The summed E-state index contributed by atoms with van der Waals surface area (Å²) in [7, 11) is 1.34. The zero-order valence-corrected chi connectivity index (χ0v) is 18.5. The number of benzene rings is 2. The summed E-state index contributed by atoms with van der Waals surface area (Å²) in [5, 5.41) is 40.7. The van der Waals surface area contributed by atoms with E-state index in [0.29, 0.717) is 36.7 Å². The molecule has 1 fully saturated rings. The van der Waals surface area contributed by atoms with Crippen LogP contribution >= 0.6 is 15.9 Å². The van der Waals surface area contributed by atoms with Crippen LogP contribution < -0.4 is 9.47 Å². The van der Waals surface area contributed by atoms with Gasteiger partial charge < -0.3 is 39.4 Å². The zero-order valence-electron chi connectivity index (χ0n) is 16.9. The van der Waals surface area contributed by atoms with Crippen molar-refractivity contribution >= 4 is 15.9 Å². The zero-order chi connectivity index (χ0) is 22.2. The predicted molar refractivity (Wildman–Crippen MR) is 113 cm³/mol. The van der Waals surface area contributed by atoms with Gasteiger partial charge in [0.1, 0.15) is 37.6 Å². The Morgan fingerprint density at radius 3 is 2.48 bits per heavy atom. The minimum Gasteiger partial charge on any atom is -0.486 e. The summed E-state index contributed by atoms with van der Waals surface area (Å²) in [6.07, 6.45) is -5.16. The summed E-state index contributed by atoms with van der Waals surface area (Å²) in [4.78, 5) is 0. The lowest BCUT2D eigenvalue weighted by molar-refractivity contribution is -0.366. The summed E-state index contributed by atoms with van der Waals surface area (Å²) in [6, 6.07) is 11.0. The molecule has 2 aliphatic rings. The molecule has 0 amide bonds. The van der Waals surface area contributed by atoms with E-state index in [4.69, 9.17) is 18.9 Å². The second-order valence-electron chi connectivity index (χ2n) is 7.60. The molecule has 4 rings (SSSR count). The molecule has 0 aromatic heterocycles. The molecule has 0 saturated carbocycles.